The molecule has 0 amide bonds. The second kappa shape index (κ2) is 3.62. The minimum absolute atomic E-state index is 0.341. The van der Waals surface area contributed by atoms with Crippen LogP contribution in [0.3, 0.4) is 0 Å². The van der Waals surface area contributed by atoms with Crippen LogP contribution < -0.4 is 0 Å². The number of pyridine rings is 1. The van der Waals surface area contributed by atoms with Crippen LogP contribution in [0.4, 0.5) is 0 Å². The van der Waals surface area contributed by atoms with Gasteiger partial charge in [0.25, 0.3) is 0 Å². The first-order valence-corrected chi connectivity index (χ1v) is 5.30. The lowest BCUT2D eigenvalue weighted by atomic mass is 10.2. The van der Waals surface area contributed by atoms with E-state index >= 15 is 0 Å². The largest absolute Gasteiger partial charge is 0.462 e. The molecule has 0 spiro atoms. The fourth-order valence-electron chi connectivity index (χ4n) is 1.91. The van der Waals surface area contributed by atoms with Gasteiger partial charge in [0.15, 0.2) is 0 Å². The molecule has 0 aliphatic heterocycles. The van der Waals surface area contributed by atoms with Gasteiger partial charge in [-0.3, -0.25) is 4.98 Å². The number of rotatable bonds is 2. The molecular weight excluding hydrogens is 218 g/mol. The first-order chi connectivity index (χ1) is 8.31. The Morgan fingerprint density at radius 1 is 1.35 bits per heavy atom. The molecule has 1 aliphatic rings. The predicted molar refractivity (Wildman–Crippen MR) is 61.8 cm³/mol. The highest BCUT2D eigenvalue weighted by Gasteiger charge is 2.25. The Labute approximate surface area is 97.2 Å². The van der Waals surface area contributed by atoms with Crippen molar-refractivity contribution < 1.29 is 9.53 Å². The molecule has 5 nitrogen and oxygen atoms in total. The monoisotopic (exact) mass is 227 g/mol. The Hall–Kier alpha value is -2.30. The smallest absolute Gasteiger partial charge is 0.340 e. The fourth-order valence-corrected chi connectivity index (χ4v) is 1.91. The summed E-state index contributed by atoms with van der Waals surface area (Å²) >= 11 is 0. The molecule has 2 heterocycles. The number of hydrogen-bond donors (Lipinski definition) is 0. The van der Waals surface area contributed by atoms with Gasteiger partial charge in [-0.15, -0.1) is 0 Å². The van der Waals surface area contributed by atoms with Crippen molar-refractivity contribution in [1.82, 2.24) is 15.0 Å². The van der Waals surface area contributed by atoms with E-state index in [1.807, 2.05) is 0 Å². The molecule has 2 aromatic rings. The van der Waals surface area contributed by atoms with Crippen LogP contribution >= 0.6 is 0 Å². The zero-order chi connectivity index (χ0) is 11.8. The quantitative estimate of drug-likeness (QED) is 0.726. The van der Waals surface area contributed by atoms with E-state index in [0.29, 0.717) is 17.9 Å². The van der Waals surface area contributed by atoms with Gasteiger partial charge in [0.1, 0.15) is 6.33 Å². The number of ether oxygens (including phenoxy) is 1. The van der Waals surface area contributed by atoms with Crippen LogP contribution in [0, 0.1) is 0 Å². The summed E-state index contributed by atoms with van der Waals surface area (Å²) in [7, 11) is 0. The van der Waals surface area contributed by atoms with Gasteiger partial charge in [-0.1, -0.05) is 0 Å². The summed E-state index contributed by atoms with van der Waals surface area (Å²) < 4.78 is 4.99. The Morgan fingerprint density at radius 3 is 3.06 bits per heavy atom. The zero-order valence-corrected chi connectivity index (χ0v) is 9.17. The van der Waals surface area contributed by atoms with Crippen molar-refractivity contribution in [3.8, 4) is 0 Å². The first-order valence-electron chi connectivity index (χ1n) is 5.30. The lowest BCUT2D eigenvalue weighted by molar-refractivity contribution is -0.136. The minimum Gasteiger partial charge on any atom is -0.462 e. The Bertz CT molecular complexity index is 644. The standard InChI is InChI=1S/C12H9N3O2/c1-2-17-12(16)7-5-9-10-8(3-4-13-9)14-6-15-11(7)10/h3-6H,2H2,1H3. The molecule has 5 heteroatoms. The highest BCUT2D eigenvalue weighted by Crippen LogP contribution is 2.33. The summed E-state index contributed by atoms with van der Waals surface area (Å²) in [4.78, 5) is 24.3. The van der Waals surface area contributed by atoms with Crippen LogP contribution in [0.15, 0.2) is 18.6 Å². The number of carbonyl (C=O) groups excluding carboxylic acids is 1. The molecular formula is C12H9N3O2. The van der Waals surface area contributed by atoms with Crippen molar-refractivity contribution in [3.05, 3.63) is 30.0 Å². The van der Waals surface area contributed by atoms with Crippen molar-refractivity contribution in [2.24, 2.45) is 0 Å². The van der Waals surface area contributed by atoms with E-state index in [-0.39, 0.29) is 5.97 Å². The highest BCUT2D eigenvalue weighted by atomic mass is 16.5. The molecule has 0 N–H and O–H groups in total. The average molecular weight is 227 g/mol. The molecule has 0 aromatic carbocycles. The van der Waals surface area contributed by atoms with Crippen LogP contribution in [0.1, 0.15) is 18.3 Å². The van der Waals surface area contributed by atoms with Crippen molar-refractivity contribution in [2.75, 3.05) is 6.61 Å². The van der Waals surface area contributed by atoms with Gasteiger partial charge in [0, 0.05) is 6.20 Å². The molecule has 0 fully saturated rings. The van der Waals surface area contributed by atoms with Gasteiger partial charge in [0.05, 0.1) is 34.5 Å². The highest BCUT2D eigenvalue weighted by molar-refractivity contribution is 6.27. The molecule has 3 rings (SSSR count). The summed E-state index contributed by atoms with van der Waals surface area (Å²) in [6, 6.07) is 1.80. The molecule has 17 heavy (non-hydrogen) atoms. The Balaban J connectivity index is 2.20. The molecule has 0 saturated carbocycles. The molecule has 0 bridgehead atoms. The third-order valence-corrected chi connectivity index (χ3v) is 2.61. The lowest BCUT2D eigenvalue weighted by Gasteiger charge is -2.03. The van der Waals surface area contributed by atoms with E-state index in [0.717, 1.165) is 16.6 Å². The van der Waals surface area contributed by atoms with Gasteiger partial charge in [-0.2, -0.15) is 0 Å². The average Bonchev–Trinajstić information content (AvgIpc) is 2.72. The van der Waals surface area contributed by atoms with Gasteiger partial charge >= 0.3 is 5.97 Å². The van der Waals surface area contributed by atoms with Crippen LogP contribution in [-0.4, -0.2) is 27.5 Å². The molecule has 0 unspecified atom stereocenters. The van der Waals surface area contributed by atoms with Crippen LogP contribution in [0.5, 0.6) is 0 Å². The molecule has 84 valence electrons. The predicted octanol–water partition coefficient (Wildman–Crippen LogP) is 1.44. The maximum absolute atomic E-state index is 11.8. The molecule has 0 saturated heterocycles. The van der Waals surface area contributed by atoms with E-state index in [1.54, 1.807) is 25.3 Å². The van der Waals surface area contributed by atoms with Crippen LogP contribution in [0.2, 0.25) is 0 Å². The van der Waals surface area contributed by atoms with E-state index in [2.05, 4.69) is 15.0 Å². The zero-order valence-electron chi connectivity index (χ0n) is 9.17. The maximum Gasteiger partial charge on any atom is 0.340 e. The Morgan fingerprint density at radius 2 is 2.24 bits per heavy atom. The van der Waals surface area contributed by atoms with E-state index < -0.39 is 0 Å². The lowest BCUT2D eigenvalue weighted by Crippen LogP contribution is -2.06. The van der Waals surface area contributed by atoms with Crippen molar-refractivity contribution in [1.29, 1.82) is 0 Å². The second-order valence-corrected chi connectivity index (χ2v) is 3.59. The Kier molecular flexibility index (Phi) is 2.11. The second-order valence-electron chi connectivity index (χ2n) is 3.59. The van der Waals surface area contributed by atoms with Crippen molar-refractivity contribution in [3.63, 3.8) is 0 Å². The van der Waals surface area contributed by atoms with E-state index in [4.69, 9.17) is 4.74 Å². The molecule has 2 aromatic heterocycles. The third-order valence-electron chi connectivity index (χ3n) is 2.61. The number of esters is 1. The van der Waals surface area contributed by atoms with Crippen molar-refractivity contribution in [2.45, 2.75) is 6.92 Å². The van der Waals surface area contributed by atoms with Gasteiger partial charge in [-0.25, -0.2) is 14.8 Å². The first kappa shape index (κ1) is 9.89. The van der Waals surface area contributed by atoms with Crippen LogP contribution in [0.25, 0.3) is 22.6 Å². The SMILES string of the molecule is CCOC(=O)C1=Cc2nccc3ncnc1c23. The number of aromatic nitrogens is 3. The topological polar surface area (TPSA) is 65.0 Å². The molecule has 0 atom stereocenters. The normalized spacial score (nSPS) is 12.6. The summed E-state index contributed by atoms with van der Waals surface area (Å²) in [6.07, 6.45) is 4.81. The summed E-state index contributed by atoms with van der Waals surface area (Å²) in [6.45, 7) is 2.11. The summed E-state index contributed by atoms with van der Waals surface area (Å²) in [5.74, 6) is -0.370. The molecule has 1 aliphatic carbocycles. The third kappa shape index (κ3) is 1.39. The van der Waals surface area contributed by atoms with Gasteiger partial charge in [-0.05, 0) is 19.1 Å². The van der Waals surface area contributed by atoms with Crippen molar-refractivity contribution >= 4 is 28.5 Å². The van der Waals surface area contributed by atoms with Crippen LogP contribution in [-0.2, 0) is 9.53 Å². The molecule has 0 radical (unpaired) electrons. The fraction of sp³-hybridized carbons (Fsp3) is 0.167. The number of hydrogen-bond acceptors (Lipinski definition) is 5. The number of carbonyl (C=O) groups is 1. The van der Waals surface area contributed by atoms with Gasteiger partial charge < -0.3 is 4.74 Å². The minimum atomic E-state index is -0.370. The van der Waals surface area contributed by atoms with Gasteiger partial charge in [0.2, 0.25) is 0 Å². The van der Waals surface area contributed by atoms with E-state index in [9.17, 15) is 4.79 Å². The summed E-state index contributed by atoms with van der Waals surface area (Å²) in [5.41, 5.74) is 2.57. The maximum atomic E-state index is 11.8. The van der Waals surface area contributed by atoms with E-state index in [1.165, 1.54) is 6.33 Å². The summed E-state index contributed by atoms with van der Waals surface area (Å²) in [5, 5.41) is 0.818. The number of nitrogens with zero attached hydrogens (tertiary/aromatic N) is 3.